The zero-order chi connectivity index (χ0) is 17.4. The fraction of sp³-hybridized carbons (Fsp3) is 0.0909. The Morgan fingerprint density at radius 3 is 2.22 bits per heavy atom. The summed E-state index contributed by atoms with van der Waals surface area (Å²) in [5, 5.41) is 8.50. The molecule has 0 unspecified atom stereocenters. The molecule has 0 saturated carbocycles. The molecule has 0 fully saturated rings. The SMILES string of the molecule is O=C(O)c1ncsc1N(c1ccc(C(F)(F)F)cc1)S(=O)(=O)O. The van der Waals surface area contributed by atoms with Crippen molar-refractivity contribution in [2.45, 2.75) is 6.18 Å². The largest absolute Gasteiger partial charge is 0.476 e. The van der Waals surface area contributed by atoms with Gasteiger partial charge in [0.25, 0.3) is 0 Å². The van der Waals surface area contributed by atoms with E-state index in [1.807, 2.05) is 0 Å². The van der Waals surface area contributed by atoms with Crippen LogP contribution in [0.3, 0.4) is 0 Å². The Morgan fingerprint density at radius 1 is 1.22 bits per heavy atom. The van der Waals surface area contributed by atoms with Gasteiger partial charge < -0.3 is 5.11 Å². The Morgan fingerprint density at radius 2 is 1.78 bits per heavy atom. The second kappa shape index (κ2) is 5.79. The Bertz CT molecular complexity index is 830. The number of thiazole rings is 1. The van der Waals surface area contributed by atoms with Crippen molar-refractivity contribution in [1.29, 1.82) is 0 Å². The molecule has 2 N–H and O–H groups in total. The Kier molecular flexibility index (Phi) is 4.32. The van der Waals surface area contributed by atoms with E-state index in [1.165, 1.54) is 0 Å². The van der Waals surface area contributed by atoms with E-state index in [1.54, 1.807) is 0 Å². The summed E-state index contributed by atoms with van der Waals surface area (Å²) in [6.07, 6.45) is -4.63. The van der Waals surface area contributed by atoms with E-state index in [-0.39, 0.29) is 9.99 Å². The minimum atomic E-state index is -4.99. The van der Waals surface area contributed by atoms with Gasteiger partial charge in [0.1, 0.15) is 5.00 Å². The molecule has 0 bridgehead atoms. The van der Waals surface area contributed by atoms with E-state index >= 15 is 0 Å². The fourth-order valence-electron chi connectivity index (χ4n) is 1.67. The highest BCUT2D eigenvalue weighted by Crippen LogP contribution is 2.36. The van der Waals surface area contributed by atoms with Crippen LogP contribution in [0.25, 0.3) is 0 Å². The molecule has 0 spiro atoms. The van der Waals surface area contributed by atoms with Crippen LogP contribution in [0.15, 0.2) is 29.8 Å². The average Bonchev–Trinajstić information content (AvgIpc) is 2.86. The average molecular weight is 368 g/mol. The molecule has 0 amide bonds. The molecule has 7 nitrogen and oxygen atoms in total. The topological polar surface area (TPSA) is 108 Å². The number of aromatic nitrogens is 1. The minimum Gasteiger partial charge on any atom is -0.476 e. The molecule has 12 heteroatoms. The highest BCUT2D eigenvalue weighted by molar-refractivity contribution is 7.87. The Labute approximate surface area is 131 Å². The molecule has 0 saturated heterocycles. The number of carbonyl (C=O) groups is 1. The van der Waals surface area contributed by atoms with Gasteiger partial charge in [-0.15, -0.1) is 11.3 Å². The predicted octanol–water partition coefficient (Wildman–Crippen LogP) is 2.80. The molecule has 124 valence electrons. The van der Waals surface area contributed by atoms with Crippen LogP contribution in [0.5, 0.6) is 0 Å². The van der Waals surface area contributed by atoms with Crippen molar-refractivity contribution < 1.29 is 36.0 Å². The van der Waals surface area contributed by atoms with Crippen LogP contribution < -0.4 is 4.31 Å². The van der Waals surface area contributed by atoms with E-state index in [2.05, 4.69) is 4.98 Å². The summed E-state index contributed by atoms with van der Waals surface area (Å²) in [6, 6.07) is 2.80. The van der Waals surface area contributed by atoms with Crippen molar-refractivity contribution in [1.82, 2.24) is 4.98 Å². The first-order chi connectivity index (χ1) is 10.5. The maximum atomic E-state index is 12.5. The maximum absolute atomic E-state index is 12.5. The number of alkyl halides is 3. The van der Waals surface area contributed by atoms with E-state index in [0.717, 1.165) is 17.6 Å². The number of nitrogens with zero attached hydrogens (tertiary/aromatic N) is 2. The maximum Gasteiger partial charge on any atom is 0.416 e. The zero-order valence-electron chi connectivity index (χ0n) is 10.9. The van der Waals surface area contributed by atoms with Crippen molar-refractivity contribution in [2.75, 3.05) is 4.31 Å². The fourth-order valence-corrected chi connectivity index (χ4v) is 3.48. The van der Waals surface area contributed by atoms with Crippen molar-refractivity contribution in [3.63, 3.8) is 0 Å². The zero-order valence-corrected chi connectivity index (χ0v) is 12.5. The van der Waals surface area contributed by atoms with Gasteiger partial charge in [-0.1, -0.05) is 0 Å². The molecule has 1 heterocycles. The molecule has 0 radical (unpaired) electrons. The third kappa shape index (κ3) is 3.60. The Balaban J connectivity index is 2.57. The molecule has 0 aliphatic carbocycles. The number of halogens is 3. The highest BCUT2D eigenvalue weighted by atomic mass is 32.2. The quantitative estimate of drug-likeness (QED) is 0.804. The van der Waals surface area contributed by atoms with Gasteiger partial charge in [-0.3, -0.25) is 4.55 Å². The first-order valence-electron chi connectivity index (χ1n) is 5.63. The summed E-state index contributed by atoms with van der Waals surface area (Å²) in [4.78, 5) is 14.5. The monoisotopic (exact) mass is 368 g/mol. The number of carboxylic acid groups (broad SMARTS) is 1. The lowest BCUT2D eigenvalue weighted by molar-refractivity contribution is -0.137. The second-order valence-corrected chi connectivity index (χ2v) is 6.19. The van der Waals surface area contributed by atoms with E-state index in [4.69, 9.17) is 5.11 Å². The molecule has 23 heavy (non-hydrogen) atoms. The summed E-state index contributed by atoms with van der Waals surface area (Å²) < 4.78 is 70.2. The normalized spacial score (nSPS) is 12.2. The lowest BCUT2D eigenvalue weighted by Gasteiger charge is -2.19. The van der Waals surface area contributed by atoms with Crippen molar-refractivity contribution in [2.24, 2.45) is 0 Å². The smallest absolute Gasteiger partial charge is 0.416 e. The highest BCUT2D eigenvalue weighted by Gasteiger charge is 2.32. The van der Waals surface area contributed by atoms with Gasteiger partial charge in [-0.2, -0.15) is 21.6 Å². The van der Waals surface area contributed by atoms with Crippen molar-refractivity contribution in [3.05, 3.63) is 41.0 Å². The van der Waals surface area contributed by atoms with Gasteiger partial charge in [0.15, 0.2) is 5.69 Å². The number of anilines is 2. The minimum absolute atomic E-state index is 0.203. The molecule has 0 aliphatic heterocycles. The van der Waals surface area contributed by atoms with Crippen molar-refractivity contribution in [3.8, 4) is 0 Å². The van der Waals surface area contributed by atoms with Gasteiger partial charge in [-0.25, -0.2) is 14.1 Å². The number of hydrogen-bond acceptors (Lipinski definition) is 5. The molecule has 0 aliphatic rings. The first kappa shape index (κ1) is 17.2. The number of benzene rings is 1. The Hall–Kier alpha value is -2.18. The van der Waals surface area contributed by atoms with E-state index in [0.29, 0.717) is 23.5 Å². The van der Waals surface area contributed by atoms with E-state index < -0.39 is 38.7 Å². The third-order valence-electron chi connectivity index (χ3n) is 2.60. The van der Waals surface area contributed by atoms with Gasteiger partial charge in [0.2, 0.25) is 0 Å². The van der Waals surface area contributed by atoms with Gasteiger partial charge in [0, 0.05) is 0 Å². The second-order valence-electron chi connectivity index (χ2n) is 4.10. The predicted molar refractivity (Wildman–Crippen MR) is 74.2 cm³/mol. The van der Waals surface area contributed by atoms with Crippen LogP contribution in [0.4, 0.5) is 23.9 Å². The summed E-state index contributed by atoms with van der Waals surface area (Å²) in [5.41, 5.74) is -1.03. The molecular weight excluding hydrogens is 361 g/mol. The summed E-state index contributed by atoms with van der Waals surface area (Å²) in [6.45, 7) is 0. The number of carboxylic acids is 1. The number of rotatable bonds is 4. The molecular formula is C11H7F3N2O5S2. The van der Waals surface area contributed by atoms with Gasteiger partial charge in [-0.05, 0) is 24.3 Å². The summed E-state index contributed by atoms with van der Waals surface area (Å²) >= 11 is 0.590. The molecule has 1 aromatic carbocycles. The lowest BCUT2D eigenvalue weighted by atomic mass is 10.2. The molecule has 0 atom stereocenters. The van der Waals surface area contributed by atoms with Crippen LogP contribution in [0.1, 0.15) is 16.1 Å². The number of aromatic carboxylic acids is 1. The third-order valence-corrected chi connectivity index (χ3v) is 4.38. The van der Waals surface area contributed by atoms with Crippen LogP contribution in [0, 0.1) is 0 Å². The molecule has 2 aromatic rings. The van der Waals surface area contributed by atoms with Crippen LogP contribution in [-0.4, -0.2) is 29.0 Å². The van der Waals surface area contributed by atoms with Gasteiger partial charge >= 0.3 is 22.4 Å². The molecule has 2 rings (SSSR count). The lowest BCUT2D eigenvalue weighted by Crippen LogP contribution is -2.26. The van der Waals surface area contributed by atoms with E-state index in [9.17, 15) is 30.9 Å². The summed E-state index contributed by atoms with van der Waals surface area (Å²) in [5.74, 6) is -1.55. The van der Waals surface area contributed by atoms with Crippen LogP contribution >= 0.6 is 11.3 Å². The van der Waals surface area contributed by atoms with Gasteiger partial charge in [0.05, 0.1) is 16.8 Å². The first-order valence-corrected chi connectivity index (χ1v) is 7.91. The number of hydrogen-bond donors (Lipinski definition) is 2. The van der Waals surface area contributed by atoms with Crippen molar-refractivity contribution >= 4 is 38.3 Å². The molecule has 1 aromatic heterocycles. The standard InChI is InChI=1S/C11H7F3N2O5S2/c12-11(13,14)6-1-3-7(4-2-6)16(23(19,20)21)9-8(10(17)18)15-5-22-9/h1-5H,(H,17,18)(H,19,20,21). The van der Waals surface area contributed by atoms with Crippen LogP contribution in [-0.2, 0) is 16.5 Å². The summed E-state index contributed by atoms with van der Waals surface area (Å²) in [7, 11) is -4.99. The van der Waals surface area contributed by atoms with Crippen LogP contribution in [0.2, 0.25) is 0 Å².